The molecule has 0 saturated heterocycles. The van der Waals surface area contributed by atoms with E-state index in [1.54, 1.807) is 12.1 Å². The highest BCUT2D eigenvalue weighted by Crippen LogP contribution is 2.37. The Morgan fingerprint density at radius 1 is 0.964 bits per heavy atom. The molecular weight excluding hydrogens is 406 g/mol. The number of ether oxygens (including phenoxy) is 1. The number of sulfonamides is 1. The zero-order chi connectivity index (χ0) is 20.2. The van der Waals surface area contributed by atoms with Crippen molar-refractivity contribution in [3.8, 4) is 5.75 Å². The molecule has 0 N–H and O–H groups in total. The zero-order valence-electron chi connectivity index (χ0n) is 15.0. The van der Waals surface area contributed by atoms with E-state index in [1.165, 1.54) is 47.2 Å². The van der Waals surface area contributed by atoms with E-state index in [0.717, 1.165) is 4.57 Å². The summed E-state index contributed by atoms with van der Waals surface area (Å²) < 4.78 is 35.8. The van der Waals surface area contributed by atoms with E-state index < -0.39 is 21.1 Å². The highest BCUT2D eigenvalue weighted by molar-refractivity contribution is 7.92. The molecule has 0 atom stereocenters. The molecule has 1 aromatic heterocycles. The van der Waals surface area contributed by atoms with Crippen LogP contribution in [0.25, 0.3) is 11.0 Å². The molecule has 3 aromatic rings. The van der Waals surface area contributed by atoms with Crippen LogP contribution in [0, 0.1) is 0 Å². The fourth-order valence-corrected chi connectivity index (χ4v) is 4.90. The second kappa shape index (κ2) is 6.39. The molecule has 2 aromatic carbocycles. The largest absolute Gasteiger partial charge is 0.489 e. The van der Waals surface area contributed by atoms with Crippen LogP contribution in [0.3, 0.4) is 0 Å². The van der Waals surface area contributed by atoms with Crippen LogP contribution in [0.1, 0.15) is 0 Å². The molecule has 0 spiro atoms. The second-order valence-corrected chi connectivity index (χ2v) is 8.72. The summed E-state index contributed by atoms with van der Waals surface area (Å²) in [6.45, 7) is 0.328. The van der Waals surface area contributed by atoms with Crippen LogP contribution in [-0.4, -0.2) is 30.7 Å². The third-order valence-corrected chi connectivity index (χ3v) is 6.84. The van der Waals surface area contributed by atoms with E-state index >= 15 is 0 Å². The Kier molecular flexibility index (Phi) is 4.24. The van der Waals surface area contributed by atoms with Crippen LogP contribution >= 0.6 is 11.6 Å². The number of fused-ring (bicyclic) bond motifs is 2. The summed E-state index contributed by atoms with van der Waals surface area (Å²) in [4.78, 5) is 24.1. The third kappa shape index (κ3) is 2.70. The number of rotatable bonds is 2. The molecule has 4 rings (SSSR count). The molecule has 0 bridgehead atoms. The Morgan fingerprint density at radius 3 is 2.36 bits per heavy atom. The Labute approximate surface area is 165 Å². The summed E-state index contributed by atoms with van der Waals surface area (Å²) in [5, 5.41) is 0.389. The van der Waals surface area contributed by atoms with Gasteiger partial charge in [-0.1, -0.05) is 11.6 Å². The Balaban J connectivity index is 1.93. The van der Waals surface area contributed by atoms with E-state index in [-0.39, 0.29) is 18.0 Å². The highest BCUT2D eigenvalue weighted by Gasteiger charge is 2.31. The van der Waals surface area contributed by atoms with Crippen LogP contribution in [0.5, 0.6) is 5.75 Å². The van der Waals surface area contributed by atoms with Gasteiger partial charge in [-0.15, -0.1) is 0 Å². The summed E-state index contributed by atoms with van der Waals surface area (Å²) in [6.07, 6.45) is 0. The summed E-state index contributed by atoms with van der Waals surface area (Å²) in [7, 11) is -1.03. The zero-order valence-corrected chi connectivity index (χ0v) is 16.6. The first-order valence-electron chi connectivity index (χ1n) is 8.36. The van der Waals surface area contributed by atoms with Gasteiger partial charge in [0.15, 0.2) is 0 Å². The molecule has 0 saturated carbocycles. The molecule has 0 unspecified atom stereocenters. The normalized spacial score (nSPS) is 14.0. The van der Waals surface area contributed by atoms with Crippen molar-refractivity contribution in [3.63, 3.8) is 0 Å². The number of aromatic nitrogens is 2. The number of benzene rings is 2. The maximum absolute atomic E-state index is 13.3. The lowest BCUT2D eigenvalue weighted by molar-refractivity contribution is 0.316. The average molecular weight is 422 g/mol. The first kappa shape index (κ1) is 18.6. The molecule has 0 aliphatic carbocycles. The number of halogens is 1. The van der Waals surface area contributed by atoms with Crippen molar-refractivity contribution in [2.45, 2.75) is 4.90 Å². The number of hydrogen-bond acceptors (Lipinski definition) is 5. The second-order valence-electron chi connectivity index (χ2n) is 6.42. The predicted octanol–water partition coefficient (Wildman–Crippen LogP) is 1.48. The maximum atomic E-state index is 13.3. The fraction of sp³-hybridized carbons (Fsp3) is 0.222. The van der Waals surface area contributed by atoms with Crippen molar-refractivity contribution in [3.05, 3.63) is 62.1 Å². The summed E-state index contributed by atoms with van der Waals surface area (Å²) in [6, 6.07) is 9.12. The molecule has 1 aliphatic heterocycles. The van der Waals surface area contributed by atoms with Gasteiger partial charge in [0.05, 0.1) is 28.2 Å². The van der Waals surface area contributed by atoms with Gasteiger partial charge in [-0.3, -0.25) is 13.9 Å². The number of anilines is 1. The number of nitrogens with zero attached hydrogens (tertiary/aromatic N) is 3. The smallest absolute Gasteiger partial charge is 0.316 e. The molecule has 146 valence electrons. The molecule has 8 nitrogen and oxygen atoms in total. The molecule has 0 fully saturated rings. The lowest BCUT2D eigenvalue weighted by atomic mass is 10.2. The van der Waals surface area contributed by atoms with E-state index in [4.69, 9.17) is 16.3 Å². The van der Waals surface area contributed by atoms with Gasteiger partial charge in [-0.2, -0.15) is 0 Å². The highest BCUT2D eigenvalue weighted by atomic mass is 35.5. The van der Waals surface area contributed by atoms with Crippen LogP contribution in [-0.2, 0) is 24.1 Å². The maximum Gasteiger partial charge on any atom is 0.316 e. The van der Waals surface area contributed by atoms with E-state index in [1.807, 2.05) is 0 Å². The van der Waals surface area contributed by atoms with Gasteiger partial charge in [0, 0.05) is 19.1 Å². The number of aryl methyl sites for hydroxylation is 2. The summed E-state index contributed by atoms with van der Waals surface area (Å²) >= 11 is 6.04. The van der Waals surface area contributed by atoms with Crippen molar-refractivity contribution in [2.24, 2.45) is 14.1 Å². The first-order valence-corrected chi connectivity index (χ1v) is 10.2. The summed E-state index contributed by atoms with van der Waals surface area (Å²) in [5.41, 5.74) is -0.257. The quantitative estimate of drug-likeness (QED) is 0.584. The molecular formula is C18H16ClN3O5S. The molecule has 0 amide bonds. The third-order valence-electron chi connectivity index (χ3n) is 4.79. The van der Waals surface area contributed by atoms with E-state index in [9.17, 15) is 18.0 Å². The minimum atomic E-state index is -3.94. The van der Waals surface area contributed by atoms with E-state index in [2.05, 4.69) is 0 Å². The minimum absolute atomic E-state index is 0.00137. The molecule has 28 heavy (non-hydrogen) atoms. The SMILES string of the molecule is Cn1c(=O)c(=O)n(C)c2cc(S(=O)(=O)N3CCOc4ccc(Cl)cc43)ccc21. The van der Waals surface area contributed by atoms with Gasteiger partial charge in [0.1, 0.15) is 12.4 Å². The van der Waals surface area contributed by atoms with Crippen molar-refractivity contribution in [1.82, 2.24) is 9.13 Å². The van der Waals surface area contributed by atoms with Crippen LogP contribution < -0.4 is 20.2 Å². The standard InChI is InChI=1S/C18H16ClN3O5S/c1-20-13-5-4-12(10-14(13)21(2)18(24)17(20)23)28(25,26)22-7-8-27-16-6-3-11(19)9-15(16)22/h3-6,9-10H,7-8H2,1-2H3. The van der Waals surface area contributed by atoms with Gasteiger partial charge in [0.2, 0.25) is 0 Å². The van der Waals surface area contributed by atoms with Gasteiger partial charge in [0.25, 0.3) is 10.0 Å². The Hall–Kier alpha value is -2.78. The van der Waals surface area contributed by atoms with Crippen LogP contribution in [0.4, 0.5) is 5.69 Å². The van der Waals surface area contributed by atoms with Crippen molar-refractivity contribution < 1.29 is 13.2 Å². The molecule has 1 aliphatic rings. The van der Waals surface area contributed by atoms with Gasteiger partial charge in [-0.05, 0) is 36.4 Å². The molecule has 10 heteroatoms. The van der Waals surface area contributed by atoms with Crippen molar-refractivity contribution in [1.29, 1.82) is 0 Å². The molecule has 0 radical (unpaired) electrons. The lowest BCUT2D eigenvalue weighted by Crippen LogP contribution is -2.40. The van der Waals surface area contributed by atoms with E-state index in [0.29, 0.717) is 27.5 Å². The minimum Gasteiger partial charge on any atom is -0.489 e. The Morgan fingerprint density at radius 2 is 1.64 bits per heavy atom. The fourth-order valence-electron chi connectivity index (χ4n) is 3.27. The average Bonchev–Trinajstić information content (AvgIpc) is 2.69. The number of hydrogen-bond donors (Lipinski definition) is 0. The van der Waals surface area contributed by atoms with Gasteiger partial charge in [-0.25, -0.2) is 8.42 Å². The van der Waals surface area contributed by atoms with Crippen molar-refractivity contribution >= 4 is 38.3 Å². The van der Waals surface area contributed by atoms with Gasteiger partial charge < -0.3 is 13.9 Å². The molecule has 2 heterocycles. The lowest BCUT2D eigenvalue weighted by Gasteiger charge is -2.30. The topological polar surface area (TPSA) is 90.6 Å². The monoisotopic (exact) mass is 421 g/mol. The van der Waals surface area contributed by atoms with Crippen LogP contribution in [0.2, 0.25) is 5.02 Å². The van der Waals surface area contributed by atoms with Crippen molar-refractivity contribution in [2.75, 3.05) is 17.5 Å². The van der Waals surface area contributed by atoms with Gasteiger partial charge >= 0.3 is 11.1 Å². The van der Waals surface area contributed by atoms with Crippen LogP contribution in [0.15, 0.2) is 50.9 Å². The Bertz CT molecular complexity index is 1340. The predicted molar refractivity (Wildman–Crippen MR) is 106 cm³/mol. The first-order chi connectivity index (χ1) is 13.2. The summed E-state index contributed by atoms with van der Waals surface area (Å²) in [5.74, 6) is 0.426.